The molecule has 1 nitrogen and oxygen atoms in total. The molecule has 0 amide bonds. The summed E-state index contributed by atoms with van der Waals surface area (Å²) in [5.41, 5.74) is 7.13. The molecule has 4 heteroatoms. The third-order valence-electron chi connectivity index (χ3n) is 2.45. The highest BCUT2D eigenvalue weighted by molar-refractivity contribution is 9.10. The van der Waals surface area contributed by atoms with Gasteiger partial charge in [-0.2, -0.15) is 0 Å². The number of nitrogens with two attached hydrogens (primary N) is 1. The first-order chi connectivity index (χ1) is 6.18. The molecule has 0 saturated heterocycles. The van der Waals surface area contributed by atoms with Crippen molar-refractivity contribution in [2.45, 2.75) is 18.9 Å². The molecule has 1 atom stereocenters. The van der Waals surface area contributed by atoms with Crippen LogP contribution in [0, 0.1) is 5.92 Å². The Morgan fingerprint density at radius 1 is 1.43 bits per heavy atom. The van der Waals surface area contributed by atoms with Crippen LogP contribution in [0.5, 0.6) is 0 Å². The van der Waals surface area contributed by atoms with Crippen LogP contribution in [-0.4, -0.2) is 0 Å². The Morgan fingerprint density at radius 3 is 2.57 bits per heavy atom. The molecule has 78 valence electrons. The summed E-state index contributed by atoms with van der Waals surface area (Å²) in [5, 5.41) is 0.772. The average molecular weight is 297 g/mol. The number of hydrogen-bond acceptors (Lipinski definition) is 1. The smallest absolute Gasteiger partial charge is 0.0465 e. The van der Waals surface area contributed by atoms with Gasteiger partial charge in [-0.15, -0.1) is 12.4 Å². The van der Waals surface area contributed by atoms with Gasteiger partial charge in [0.25, 0.3) is 0 Å². The van der Waals surface area contributed by atoms with Crippen molar-refractivity contribution in [3.05, 3.63) is 33.3 Å². The molecule has 0 radical (unpaired) electrons. The molecule has 0 unspecified atom stereocenters. The van der Waals surface area contributed by atoms with Crippen LogP contribution in [0.1, 0.15) is 24.4 Å². The Morgan fingerprint density at radius 2 is 2.07 bits per heavy atom. The summed E-state index contributed by atoms with van der Waals surface area (Å²) in [6.45, 7) is 0. The monoisotopic (exact) mass is 295 g/mol. The highest BCUT2D eigenvalue weighted by Crippen LogP contribution is 2.41. The predicted octanol–water partition coefficient (Wildman–Crippen LogP) is 3.93. The van der Waals surface area contributed by atoms with Crippen molar-refractivity contribution in [3.63, 3.8) is 0 Å². The second kappa shape index (κ2) is 4.84. The zero-order chi connectivity index (χ0) is 9.42. The van der Waals surface area contributed by atoms with Crippen LogP contribution in [0.25, 0.3) is 0 Å². The fourth-order valence-electron chi connectivity index (χ4n) is 1.48. The van der Waals surface area contributed by atoms with E-state index in [2.05, 4.69) is 15.9 Å². The van der Waals surface area contributed by atoms with Crippen LogP contribution >= 0.6 is 39.9 Å². The molecule has 1 aliphatic rings. The van der Waals surface area contributed by atoms with E-state index >= 15 is 0 Å². The minimum atomic E-state index is 0. The molecule has 0 aliphatic heterocycles. The molecule has 0 aromatic heterocycles. The molecule has 1 aromatic carbocycles. The van der Waals surface area contributed by atoms with E-state index in [0.29, 0.717) is 5.92 Å². The average Bonchev–Trinajstić information content (AvgIpc) is 2.85. The summed E-state index contributed by atoms with van der Waals surface area (Å²) in [7, 11) is 0. The summed E-state index contributed by atoms with van der Waals surface area (Å²) in [6.07, 6.45) is 2.49. The maximum absolute atomic E-state index is 6.09. The Labute approximate surface area is 104 Å². The molecule has 1 aliphatic carbocycles. The van der Waals surface area contributed by atoms with E-state index in [0.717, 1.165) is 15.1 Å². The second-order valence-corrected chi connectivity index (χ2v) is 4.85. The maximum atomic E-state index is 6.09. The Kier molecular flexibility index (Phi) is 4.26. The van der Waals surface area contributed by atoms with Gasteiger partial charge in [0.05, 0.1) is 0 Å². The minimum absolute atomic E-state index is 0. The zero-order valence-corrected chi connectivity index (χ0v) is 10.7. The molecule has 0 heterocycles. The van der Waals surface area contributed by atoms with Crippen molar-refractivity contribution in [2.24, 2.45) is 11.7 Å². The third kappa shape index (κ3) is 2.63. The molecule has 0 spiro atoms. The first-order valence-electron chi connectivity index (χ1n) is 4.39. The van der Waals surface area contributed by atoms with E-state index in [1.807, 2.05) is 18.2 Å². The lowest BCUT2D eigenvalue weighted by molar-refractivity contribution is 0.633. The molecular formula is C10H12BrCl2N. The van der Waals surface area contributed by atoms with E-state index in [1.165, 1.54) is 12.8 Å². The lowest BCUT2D eigenvalue weighted by Crippen LogP contribution is -2.12. The third-order valence-corrected chi connectivity index (χ3v) is 3.27. The quantitative estimate of drug-likeness (QED) is 0.879. The van der Waals surface area contributed by atoms with Crippen molar-refractivity contribution >= 4 is 39.9 Å². The fourth-order valence-corrected chi connectivity index (χ4v) is 2.28. The largest absolute Gasteiger partial charge is 0.324 e. The van der Waals surface area contributed by atoms with Crippen LogP contribution in [0.15, 0.2) is 22.7 Å². The van der Waals surface area contributed by atoms with Crippen molar-refractivity contribution in [2.75, 3.05) is 0 Å². The lowest BCUT2D eigenvalue weighted by atomic mass is 10.0. The van der Waals surface area contributed by atoms with E-state index in [4.69, 9.17) is 17.3 Å². The Hall–Kier alpha value is 0.240. The predicted molar refractivity (Wildman–Crippen MR) is 66.1 cm³/mol. The Bertz CT molecular complexity index is 326. The highest BCUT2D eigenvalue weighted by atomic mass is 79.9. The van der Waals surface area contributed by atoms with Gasteiger partial charge in [0, 0.05) is 15.5 Å². The van der Waals surface area contributed by atoms with Crippen LogP contribution in [-0.2, 0) is 0 Å². The first kappa shape index (κ1) is 12.3. The molecule has 1 saturated carbocycles. The molecular weight excluding hydrogens is 285 g/mol. The van der Waals surface area contributed by atoms with Gasteiger partial charge in [0.2, 0.25) is 0 Å². The molecule has 1 aromatic rings. The molecule has 14 heavy (non-hydrogen) atoms. The fraction of sp³-hybridized carbons (Fsp3) is 0.400. The normalized spacial score (nSPS) is 17.4. The van der Waals surface area contributed by atoms with Gasteiger partial charge in [0.1, 0.15) is 0 Å². The van der Waals surface area contributed by atoms with Crippen molar-refractivity contribution in [3.8, 4) is 0 Å². The summed E-state index contributed by atoms with van der Waals surface area (Å²) in [4.78, 5) is 0. The van der Waals surface area contributed by atoms with Gasteiger partial charge >= 0.3 is 0 Å². The van der Waals surface area contributed by atoms with Gasteiger partial charge < -0.3 is 5.73 Å². The summed E-state index contributed by atoms with van der Waals surface area (Å²) in [6, 6.07) is 6.03. The van der Waals surface area contributed by atoms with Crippen LogP contribution < -0.4 is 5.73 Å². The van der Waals surface area contributed by atoms with Gasteiger partial charge in [-0.25, -0.2) is 0 Å². The van der Waals surface area contributed by atoms with Gasteiger partial charge in [-0.3, -0.25) is 0 Å². The number of halogens is 3. The van der Waals surface area contributed by atoms with E-state index in [1.54, 1.807) is 0 Å². The molecule has 2 rings (SSSR count). The van der Waals surface area contributed by atoms with Crippen molar-refractivity contribution in [1.82, 2.24) is 0 Å². The second-order valence-electron chi connectivity index (χ2n) is 3.53. The summed E-state index contributed by atoms with van der Waals surface area (Å²) in [5.74, 6) is 0.652. The molecule has 1 fully saturated rings. The summed E-state index contributed by atoms with van der Waals surface area (Å²) < 4.78 is 1.00. The highest BCUT2D eigenvalue weighted by Gasteiger charge is 2.30. The lowest BCUT2D eigenvalue weighted by Gasteiger charge is -2.12. The zero-order valence-electron chi connectivity index (χ0n) is 7.54. The number of hydrogen-bond donors (Lipinski definition) is 1. The van der Waals surface area contributed by atoms with Gasteiger partial charge in [0.15, 0.2) is 0 Å². The first-order valence-corrected chi connectivity index (χ1v) is 5.56. The Balaban J connectivity index is 0.000000980. The SMILES string of the molecule is Cl.N[C@H](c1ccc(Br)cc1Cl)C1CC1. The van der Waals surface area contributed by atoms with Crippen LogP contribution in [0.3, 0.4) is 0 Å². The molecule has 0 bridgehead atoms. The maximum Gasteiger partial charge on any atom is 0.0465 e. The molecule has 2 N–H and O–H groups in total. The topological polar surface area (TPSA) is 26.0 Å². The summed E-state index contributed by atoms with van der Waals surface area (Å²) >= 11 is 9.46. The van der Waals surface area contributed by atoms with Crippen LogP contribution in [0.4, 0.5) is 0 Å². The van der Waals surface area contributed by atoms with E-state index in [9.17, 15) is 0 Å². The number of benzene rings is 1. The number of rotatable bonds is 2. The van der Waals surface area contributed by atoms with Gasteiger partial charge in [-0.05, 0) is 36.5 Å². The van der Waals surface area contributed by atoms with Crippen LogP contribution in [0.2, 0.25) is 5.02 Å². The van der Waals surface area contributed by atoms with E-state index in [-0.39, 0.29) is 18.4 Å². The minimum Gasteiger partial charge on any atom is -0.324 e. The standard InChI is InChI=1S/C10H11BrClN.ClH/c11-7-3-4-8(9(12)5-7)10(13)6-1-2-6;/h3-6,10H,1-2,13H2;1H/t10-;/m0./s1. The van der Waals surface area contributed by atoms with E-state index < -0.39 is 0 Å². The van der Waals surface area contributed by atoms with Crippen molar-refractivity contribution in [1.29, 1.82) is 0 Å². The van der Waals surface area contributed by atoms with Gasteiger partial charge in [-0.1, -0.05) is 33.6 Å². The van der Waals surface area contributed by atoms with Crippen molar-refractivity contribution < 1.29 is 0 Å².